The van der Waals surface area contributed by atoms with Crippen molar-refractivity contribution in [3.63, 3.8) is 0 Å². The van der Waals surface area contributed by atoms with Crippen LogP contribution in [0.25, 0.3) is 16.6 Å². The van der Waals surface area contributed by atoms with Crippen LogP contribution in [-0.4, -0.2) is 63.6 Å². The van der Waals surface area contributed by atoms with E-state index in [-0.39, 0.29) is 23.1 Å². The average Bonchev–Trinajstić information content (AvgIpc) is 3.39. The number of fused-ring (bicyclic) bond motifs is 1. The molecule has 0 saturated carbocycles. The molecule has 0 bridgehead atoms. The van der Waals surface area contributed by atoms with Crippen molar-refractivity contribution in [2.24, 2.45) is 5.92 Å². The van der Waals surface area contributed by atoms with E-state index in [9.17, 15) is 14.0 Å². The predicted octanol–water partition coefficient (Wildman–Crippen LogP) is 4.01. The molecule has 5 rings (SSSR count). The lowest BCUT2D eigenvalue weighted by atomic mass is 9.91. The van der Waals surface area contributed by atoms with Gasteiger partial charge in [-0.15, -0.1) is 0 Å². The number of anilines is 2. The third kappa shape index (κ3) is 4.80. The number of ketones is 1. The molecule has 3 aromatic heterocycles. The van der Waals surface area contributed by atoms with Gasteiger partial charge in [0.1, 0.15) is 17.3 Å². The number of hydrogen-bond acceptors (Lipinski definition) is 8. The number of pyridine rings is 2. The first kappa shape index (κ1) is 23.6. The number of nitrogens with zero attached hydrogens (tertiary/aromatic N) is 5. The number of carbonyl (C=O) groups excluding carboxylic acids is 2. The van der Waals surface area contributed by atoms with Crippen molar-refractivity contribution < 1.29 is 18.7 Å². The summed E-state index contributed by atoms with van der Waals surface area (Å²) >= 11 is 0. The Bertz CT molecular complexity index is 1440. The summed E-state index contributed by atoms with van der Waals surface area (Å²) in [7, 11) is 3.33. The summed E-state index contributed by atoms with van der Waals surface area (Å²) in [6, 6.07) is 11.3. The molecule has 1 fully saturated rings. The first-order valence-electron chi connectivity index (χ1n) is 11.6. The Balaban J connectivity index is 1.35. The van der Waals surface area contributed by atoms with Crippen molar-refractivity contribution >= 4 is 34.2 Å². The quantitative estimate of drug-likeness (QED) is 0.321. The van der Waals surface area contributed by atoms with Crippen molar-refractivity contribution in [1.82, 2.24) is 24.6 Å². The summed E-state index contributed by atoms with van der Waals surface area (Å²) in [6.45, 7) is 1.80. The van der Waals surface area contributed by atoms with Crippen LogP contribution in [0.3, 0.4) is 0 Å². The topological polar surface area (TPSA) is 102 Å². The van der Waals surface area contributed by atoms with E-state index in [0.29, 0.717) is 22.7 Å². The minimum atomic E-state index is -0.570. The minimum absolute atomic E-state index is 0.0170. The number of piperidine rings is 1. The van der Waals surface area contributed by atoms with Crippen molar-refractivity contribution in [1.29, 1.82) is 0 Å². The lowest BCUT2D eigenvalue weighted by Gasteiger charge is -2.27. The number of nitrogens with one attached hydrogen (secondary N) is 1. The summed E-state index contributed by atoms with van der Waals surface area (Å²) in [5.74, 6) is -0.649. The third-order valence-corrected chi connectivity index (χ3v) is 6.38. The molecule has 0 unspecified atom stereocenters. The molecule has 0 aliphatic carbocycles. The molecule has 4 heterocycles. The zero-order valence-corrected chi connectivity index (χ0v) is 19.9. The van der Waals surface area contributed by atoms with E-state index in [1.165, 1.54) is 23.9 Å². The van der Waals surface area contributed by atoms with Crippen LogP contribution in [0.15, 0.2) is 54.9 Å². The number of hydrogen-bond donors (Lipinski definition) is 1. The number of methoxy groups -OCH3 is 1. The van der Waals surface area contributed by atoms with Gasteiger partial charge in [-0.25, -0.2) is 23.8 Å². The molecule has 0 amide bonds. The lowest BCUT2D eigenvalue weighted by molar-refractivity contribution is 0.0593. The molecule has 1 saturated heterocycles. The van der Waals surface area contributed by atoms with Gasteiger partial charge in [0.25, 0.3) is 0 Å². The molecule has 0 atom stereocenters. The van der Waals surface area contributed by atoms with Crippen LogP contribution < -0.4 is 5.32 Å². The van der Waals surface area contributed by atoms with Crippen molar-refractivity contribution in [2.45, 2.75) is 12.8 Å². The van der Waals surface area contributed by atoms with E-state index in [2.05, 4.69) is 37.1 Å². The number of esters is 1. The van der Waals surface area contributed by atoms with E-state index >= 15 is 0 Å². The third-order valence-electron chi connectivity index (χ3n) is 6.38. The fourth-order valence-electron chi connectivity index (χ4n) is 4.27. The van der Waals surface area contributed by atoms with Crippen LogP contribution in [-0.2, 0) is 4.74 Å². The number of Topliss-reactive ketones (excluding diaryl/α,β-unsaturated/α-hetero) is 1. The molecule has 1 N–H and O–H groups in total. The van der Waals surface area contributed by atoms with Gasteiger partial charge in [-0.2, -0.15) is 5.10 Å². The molecule has 10 heteroatoms. The van der Waals surface area contributed by atoms with E-state index in [4.69, 9.17) is 0 Å². The van der Waals surface area contributed by atoms with E-state index in [0.717, 1.165) is 31.3 Å². The molecule has 0 radical (unpaired) electrons. The lowest BCUT2D eigenvalue weighted by Crippen LogP contribution is -2.33. The number of carbonyl (C=O) groups is 2. The van der Waals surface area contributed by atoms with Gasteiger partial charge >= 0.3 is 5.97 Å². The van der Waals surface area contributed by atoms with Crippen LogP contribution in [0.4, 0.5) is 15.9 Å². The zero-order chi connectivity index (χ0) is 25.2. The van der Waals surface area contributed by atoms with Gasteiger partial charge in [0, 0.05) is 35.8 Å². The van der Waals surface area contributed by atoms with E-state index in [1.807, 2.05) is 6.07 Å². The fourth-order valence-corrected chi connectivity index (χ4v) is 4.27. The molecule has 1 aromatic carbocycles. The van der Waals surface area contributed by atoms with Crippen LogP contribution in [0.5, 0.6) is 0 Å². The second-order valence-electron chi connectivity index (χ2n) is 8.83. The Morgan fingerprint density at radius 2 is 1.89 bits per heavy atom. The van der Waals surface area contributed by atoms with Gasteiger partial charge < -0.3 is 15.0 Å². The predicted molar refractivity (Wildman–Crippen MR) is 132 cm³/mol. The van der Waals surface area contributed by atoms with E-state index in [1.54, 1.807) is 36.7 Å². The van der Waals surface area contributed by atoms with Gasteiger partial charge in [0.2, 0.25) is 0 Å². The maximum Gasteiger partial charge on any atom is 0.358 e. The molecule has 4 aromatic rings. The number of benzene rings is 1. The number of ether oxygens (including phenoxy) is 1. The molecular weight excluding hydrogens is 463 g/mol. The Kier molecular flexibility index (Phi) is 6.43. The second kappa shape index (κ2) is 9.82. The maximum absolute atomic E-state index is 14.9. The summed E-state index contributed by atoms with van der Waals surface area (Å²) in [5.41, 5.74) is 1.83. The Morgan fingerprint density at radius 1 is 1.08 bits per heavy atom. The first-order valence-corrected chi connectivity index (χ1v) is 11.6. The Morgan fingerprint density at radius 3 is 2.64 bits per heavy atom. The van der Waals surface area contributed by atoms with Crippen LogP contribution >= 0.6 is 0 Å². The second-order valence-corrected chi connectivity index (χ2v) is 8.83. The van der Waals surface area contributed by atoms with Crippen molar-refractivity contribution in [3.05, 3.63) is 72.1 Å². The molecular formula is C26H25FN6O3. The molecule has 1 aliphatic heterocycles. The summed E-state index contributed by atoms with van der Waals surface area (Å²) in [5, 5.41) is 7.87. The van der Waals surface area contributed by atoms with Crippen molar-refractivity contribution in [2.75, 3.05) is 32.6 Å². The minimum Gasteiger partial charge on any atom is -0.464 e. The van der Waals surface area contributed by atoms with E-state index < -0.39 is 11.8 Å². The van der Waals surface area contributed by atoms with Crippen LogP contribution in [0, 0.1) is 11.7 Å². The number of rotatable bonds is 6. The largest absolute Gasteiger partial charge is 0.464 e. The van der Waals surface area contributed by atoms with Gasteiger partial charge in [-0.3, -0.25) is 4.79 Å². The molecule has 184 valence electrons. The van der Waals surface area contributed by atoms with Gasteiger partial charge in [-0.1, -0.05) is 0 Å². The standard InChI is InChI=1S/C26H25FN6O3/c1-32-10-7-16(8-11-32)25(34)21-5-3-17-15-28-24(14-23(17)29-21)30-20-6-4-18(13-19(20)27)33-12-9-22(31-33)26(35)36-2/h3-6,9,12-16H,7-8,10-11H2,1-2H3,(H,28,30). The number of likely N-dealkylation sites (tertiary alicyclic amines) is 1. The smallest absolute Gasteiger partial charge is 0.358 e. The highest BCUT2D eigenvalue weighted by Gasteiger charge is 2.25. The van der Waals surface area contributed by atoms with Crippen molar-refractivity contribution in [3.8, 4) is 5.69 Å². The van der Waals surface area contributed by atoms with Crippen LogP contribution in [0.2, 0.25) is 0 Å². The normalized spacial score (nSPS) is 14.6. The van der Waals surface area contributed by atoms with Gasteiger partial charge in [0.15, 0.2) is 11.5 Å². The summed E-state index contributed by atoms with van der Waals surface area (Å²) < 4.78 is 20.9. The fraction of sp³-hybridized carbons (Fsp3) is 0.269. The highest BCUT2D eigenvalue weighted by Crippen LogP contribution is 2.25. The highest BCUT2D eigenvalue weighted by atomic mass is 19.1. The SMILES string of the molecule is COC(=O)c1ccn(-c2ccc(Nc3cc4nc(C(=O)C5CCN(C)CC5)ccc4cn3)c(F)c2)n1. The van der Waals surface area contributed by atoms with Gasteiger partial charge in [0.05, 0.1) is 24.0 Å². The molecule has 9 nitrogen and oxygen atoms in total. The molecule has 36 heavy (non-hydrogen) atoms. The Labute approximate surface area is 206 Å². The first-order chi connectivity index (χ1) is 17.4. The van der Waals surface area contributed by atoms with Gasteiger partial charge in [-0.05, 0) is 63.3 Å². The zero-order valence-electron chi connectivity index (χ0n) is 19.9. The van der Waals surface area contributed by atoms with Crippen LogP contribution in [0.1, 0.15) is 33.8 Å². The average molecular weight is 489 g/mol. The number of aromatic nitrogens is 4. The summed E-state index contributed by atoms with van der Waals surface area (Å²) in [6.07, 6.45) is 4.85. The monoisotopic (exact) mass is 488 g/mol. The maximum atomic E-state index is 14.9. The molecule has 0 spiro atoms. The molecule has 1 aliphatic rings. The summed E-state index contributed by atoms with van der Waals surface area (Å²) in [4.78, 5) is 35.8. The number of halogens is 1. The highest BCUT2D eigenvalue weighted by molar-refractivity contribution is 5.98. The Hall–Kier alpha value is -4.18.